The molecule has 0 fully saturated rings. The average molecular weight is 468 g/mol. The lowest BCUT2D eigenvalue weighted by atomic mass is 10.1. The van der Waals surface area contributed by atoms with E-state index >= 15 is 0 Å². The third kappa shape index (κ3) is 5.37. The molecule has 0 aliphatic rings. The van der Waals surface area contributed by atoms with Crippen molar-refractivity contribution in [2.75, 3.05) is 31.4 Å². The number of nitrogens with one attached hydrogen (secondary N) is 2. The highest BCUT2D eigenvalue weighted by molar-refractivity contribution is 6.01. The number of nitrogens with zero attached hydrogens (tertiary/aromatic N) is 3. The lowest BCUT2D eigenvalue weighted by Gasteiger charge is -2.20. The van der Waals surface area contributed by atoms with Crippen molar-refractivity contribution in [2.24, 2.45) is 5.73 Å². The van der Waals surface area contributed by atoms with Crippen molar-refractivity contribution in [1.82, 2.24) is 14.6 Å². The molecule has 0 unspecified atom stereocenters. The van der Waals surface area contributed by atoms with Crippen molar-refractivity contribution in [1.29, 1.82) is 0 Å². The van der Waals surface area contributed by atoms with Crippen LogP contribution in [0.25, 0.3) is 5.65 Å². The normalized spacial score (nSPS) is 12.0. The summed E-state index contributed by atoms with van der Waals surface area (Å²) in [6.45, 7) is 3.44. The molecule has 33 heavy (non-hydrogen) atoms. The smallest absolute Gasteiger partial charge is 0.433 e. The number of ether oxygens (including phenoxy) is 2. The summed E-state index contributed by atoms with van der Waals surface area (Å²) in [5.41, 5.74) is 3.19. The van der Waals surface area contributed by atoms with Gasteiger partial charge in [0.1, 0.15) is 22.9 Å². The first-order valence-electron chi connectivity index (χ1n) is 9.59. The number of carboxylic acid groups (broad SMARTS) is 1. The average Bonchev–Trinajstić information content (AvgIpc) is 3.08. The van der Waals surface area contributed by atoms with Gasteiger partial charge in [-0.1, -0.05) is 0 Å². The summed E-state index contributed by atoms with van der Waals surface area (Å²) >= 11 is 0. The minimum atomic E-state index is -4.82. The Balaban J connectivity index is 2.20. The lowest BCUT2D eigenvalue weighted by molar-refractivity contribution is -0.141. The Morgan fingerprint density at radius 1 is 1.15 bits per heavy atom. The van der Waals surface area contributed by atoms with Gasteiger partial charge in [-0.05, 0) is 13.8 Å². The SMILES string of the molecule is COc1cc(Nc2nn3c(NCC(C)(C)N)cc(C(F)(F)F)nc3c2C(=O)O)cc(OC)c1. The fourth-order valence-corrected chi connectivity index (χ4v) is 2.91. The molecule has 3 aromatic rings. The molecule has 0 spiro atoms. The number of rotatable bonds is 8. The number of hydrogen-bond donors (Lipinski definition) is 4. The largest absolute Gasteiger partial charge is 0.497 e. The van der Waals surface area contributed by atoms with Gasteiger partial charge in [0.15, 0.2) is 17.2 Å². The summed E-state index contributed by atoms with van der Waals surface area (Å²) in [6.07, 6.45) is -4.82. The molecule has 0 saturated heterocycles. The van der Waals surface area contributed by atoms with Crippen LogP contribution in [-0.2, 0) is 6.18 Å². The van der Waals surface area contributed by atoms with Crippen LogP contribution < -0.4 is 25.8 Å². The number of hydrogen-bond acceptors (Lipinski definition) is 8. The van der Waals surface area contributed by atoms with Crippen LogP contribution >= 0.6 is 0 Å². The van der Waals surface area contributed by atoms with Gasteiger partial charge < -0.3 is 30.9 Å². The number of anilines is 3. The molecule has 0 aliphatic heterocycles. The van der Waals surface area contributed by atoms with E-state index in [1.54, 1.807) is 32.0 Å². The Kier molecular flexibility index (Phi) is 6.27. The van der Waals surface area contributed by atoms with Crippen molar-refractivity contribution in [3.05, 3.63) is 35.5 Å². The molecule has 13 heteroatoms. The molecule has 2 aromatic heterocycles. The third-order valence-corrected chi connectivity index (χ3v) is 4.43. The molecule has 0 saturated carbocycles. The van der Waals surface area contributed by atoms with Gasteiger partial charge in [0.25, 0.3) is 0 Å². The maximum Gasteiger partial charge on any atom is 0.433 e. The van der Waals surface area contributed by atoms with Crippen LogP contribution in [0, 0.1) is 0 Å². The number of carbonyl (C=O) groups is 1. The van der Waals surface area contributed by atoms with E-state index in [0.717, 1.165) is 10.6 Å². The molecular weight excluding hydrogens is 445 g/mol. The number of aromatic carboxylic acids is 1. The van der Waals surface area contributed by atoms with Crippen LogP contribution in [0.5, 0.6) is 11.5 Å². The number of alkyl halides is 3. The maximum atomic E-state index is 13.5. The van der Waals surface area contributed by atoms with E-state index in [2.05, 4.69) is 20.7 Å². The van der Waals surface area contributed by atoms with Crippen molar-refractivity contribution in [3.8, 4) is 11.5 Å². The second-order valence-electron chi connectivity index (χ2n) is 7.86. The summed E-state index contributed by atoms with van der Waals surface area (Å²) in [5, 5.41) is 19.5. The summed E-state index contributed by atoms with van der Waals surface area (Å²) in [5.74, 6) is -1.05. The monoisotopic (exact) mass is 468 g/mol. The molecule has 5 N–H and O–H groups in total. The number of fused-ring (bicyclic) bond motifs is 1. The van der Waals surface area contributed by atoms with Gasteiger partial charge in [0.2, 0.25) is 0 Å². The zero-order valence-electron chi connectivity index (χ0n) is 18.2. The van der Waals surface area contributed by atoms with E-state index in [1.165, 1.54) is 14.2 Å². The van der Waals surface area contributed by atoms with Gasteiger partial charge in [0, 0.05) is 42.0 Å². The molecule has 178 valence electrons. The summed E-state index contributed by atoms with van der Waals surface area (Å²) in [4.78, 5) is 15.6. The van der Waals surface area contributed by atoms with Gasteiger partial charge in [-0.15, -0.1) is 5.10 Å². The summed E-state index contributed by atoms with van der Waals surface area (Å²) < 4.78 is 51.8. The fourth-order valence-electron chi connectivity index (χ4n) is 2.91. The van der Waals surface area contributed by atoms with Crippen LogP contribution in [0.4, 0.5) is 30.5 Å². The molecule has 0 radical (unpaired) electrons. The topological polar surface area (TPSA) is 136 Å². The molecule has 0 bridgehead atoms. The zero-order chi connectivity index (χ0) is 24.6. The first-order valence-corrected chi connectivity index (χ1v) is 9.59. The number of benzene rings is 1. The Labute approximate surface area is 186 Å². The first-order chi connectivity index (χ1) is 15.3. The van der Waals surface area contributed by atoms with Crippen LogP contribution in [0.1, 0.15) is 29.9 Å². The van der Waals surface area contributed by atoms with Gasteiger partial charge in [-0.25, -0.2) is 9.78 Å². The van der Waals surface area contributed by atoms with Gasteiger partial charge >= 0.3 is 12.1 Å². The van der Waals surface area contributed by atoms with E-state index in [9.17, 15) is 23.1 Å². The molecule has 0 atom stereocenters. The molecule has 0 amide bonds. The van der Waals surface area contributed by atoms with Gasteiger partial charge in [-0.2, -0.15) is 17.7 Å². The first kappa shape index (κ1) is 23.9. The van der Waals surface area contributed by atoms with Gasteiger partial charge in [-0.3, -0.25) is 0 Å². The maximum absolute atomic E-state index is 13.5. The highest BCUT2D eigenvalue weighted by Gasteiger charge is 2.35. The molecule has 10 nitrogen and oxygen atoms in total. The Bertz CT molecular complexity index is 1160. The lowest BCUT2D eigenvalue weighted by Crippen LogP contribution is -2.40. The molecular formula is C20H23F3N6O4. The number of aromatic nitrogens is 3. The van der Waals surface area contributed by atoms with Crippen molar-refractivity contribution < 1.29 is 32.5 Å². The van der Waals surface area contributed by atoms with Crippen molar-refractivity contribution in [2.45, 2.75) is 25.6 Å². The predicted octanol–water partition coefficient (Wildman–Crippen LogP) is 3.36. The number of carboxylic acids is 1. The van der Waals surface area contributed by atoms with E-state index in [0.29, 0.717) is 17.2 Å². The standard InChI is InChI=1S/C20H23F3N6O4/c1-19(2,24)9-25-14-8-13(20(21,22)23)27-17-15(18(30)31)16(28-29(14)17)26-10-5-11(32-3)7-12(6-10)33-4/h5-8,25H,9,24H2,1-4H3,(H,26,28)(H,30,31). The van der Waals surface area contributed by atoms with Crippen LogP contribution in [0.2, 0.25) is 0 Å². The number of methoxy groups -OCH3 is 2. The van der Waals surface area contributed by atoms with Crippen molar-refractivity contribution >= 4 is 28.9 Å². The van der Waals surface area contributed by atoms with E-state index in [4.69, 9.17) is 15.2 Å². The van der Waals surface area contributed by atoms with Crippen molar-refractivity contribution in [3.63, 3.8) is 0 Å². The summed E-state index contributed by atoms with van der Waals surface area (Å²) in [6, 6.07) is 5.43. The van der Waals surface area contributed by atoms with Gasteiger partial charge in [0.05, 0.1) is 14.2 Å². The highest BCUT2D eigenvalue weighted by Crippen LogP contribution is 2.34. The van der Waals surface area contributed by atoms with E-state index in [1.807, 2.05) is 0 Å². The Hall–Kier alpha value is -3.74. The second-order valence-corrected chi connectivity index (χ2v) is 7.86. The van der Waals surface area contributed by atoms with Crippen LogP contribution in [0.15, 0.2) is 24.3 Å². The predicted molar refractivity (Wildman–Crippen MR) is 115 cm³/mol. The Morgan fingerprint density at radius 3 is 2.24 bits per heavy atom. The minimum absolute atomic E-state index is 0.0848. The summed E-state index contributed by atoms with van der Waals surface area (Å²) in [7, 11) is 2.87. The third-order valence-electron chi connectivity index (χ3n) is 4.43. The van der Waals surface area contributed by atoms with Crippen LogP contribution in [-0.4, -0.2) is 52.0 Å². The number of nitrogens with two attached hydrogens (primary N) is 1. The minimum Gasteiger partial charge on any atom is -0.497 e. The molecule has 0 aliphatic carbocycles. The molecule has 3 rings (SSSR count). The number of halogens is 3. The zero-order valence-corrected chi connectivity index (χ0v) is 18.2. The highest BCUT2D eigenvalue weighted by atomic mass is 19.4. The quantitative estimate of drug-likeness (QED) is 0.392. The molecule has 2 heterocycles. The second kappa shape index (κ2) is 8.65. The van der Waals surface area contributed by atoms with E-state index in [-0.39, 0.29) is 18.2 Å². The molecule has 1 aromatic carbocycles. The van der Waals surface area contributed by atoms with Crippen LogP contribution in [0.3, 0.4) is 0 Å². The van der Waals surface area contributed by atoms with E-state index < -0.39 is 34.6 Å². The Morgan fingerprint density at radius 2 is 1.76 bits per heavy atom. The fraction of sp³-hybridized carbons (Fsp3) is 0.350.